The van der Waals surface area contributed by atoms with Crippen molar-refractivity contribution in [3.05, 3.63) is 18.0 Å². The number of hydrogen-bond acceptors (Lipinski definition) is 6. The second-order valence-electron chi connectivity index (χ2n) is 3.78. The van der Waals surface area contributed by atoms with E-state index < -0.39 is 0 Å². The lowest BCUT2D eigenvalue weighted by Crippen LogP contribution is -2.06. The molecule has 96 valence electrons. The molecular weight excluding hydrogens is 232 g/mol. The molecule has 2 aromatic heterocycles. The number of nitrogens with one attached hydrogen (secondary N) is 2. The van der Waals surface area contributed by atoms with Crippen LogP contribution in [0.4, 0.5) is 5.82 Å². The van der Waals surface area contributed by atoms with Crippen LogP contribution in [-0.2, 0) is 11.3 Å². The van der Waals surface area contributed by atoms with Gasteiger partial charge >= 0.3 is 0 Å². The summed E-state index contributed by atoms with van der Waals surface area (Å²) in [5.74, 6) is 1.31. The summed E-state index contributed by atoms with van der Waals surface area (Å²) in [5.41, 5.74) is 1.43. The van der Waals surface area contributed by atoms with Gasteiger partial charge in [-0.15, -0.1) is 0 Å². The number of rotatable bonds is 6. The maximum atomic E-state index is 5.10. The van der Waals surface area contributed by atoms with Crippen LogP contribution in [0, 0.1) is 0 Å². The van der Waals surface area contributed by atoms with Crippen LogP contribution >= 0.6 is 0 Å². The largest absolute Gasteiger partial charge is 0.378 e. The minimum Gasteiger partial charge on any atom is -0.378 e. The van der Waals surface area contributed by atoms with Gasteiger partial charge in [0.2, 0.25) is 0 Å². The Morgan fingerprint density at radius 1 is 1.39 bits per heavy atom. The summed E-state index contributed by atoms with van der Waals surface area (Å²) in [7, 11) is 1.64. The smallest absolute Gasteiger partial charge is 0.184 e. The molecule has 0 aliphatic rings. The van der Waals surface area contributed by atoms with Crippen LogP contribution in [0.2, 0.25) is 0 Å². The van der Waals surface area contributed by atoms with Crippen LogP contribution in [0.25, 0.3) is 11.5 Å². The molecular formula is C11H16N6O. The summed E-state index contributed by atoms with van der Waals surface area (Å²) in [6.07, 6.45) is 2.62. The van der Waals surface area contributed by atoms with Crippen LogP contribution in [-0.4, -0.2) is 39.0 Å². The Bertz CT molecular complexity index is 484. The van der Waals surface area contributed by atoms with E-state index in [-0.39, 0.29) is 0 Å². The predicted octanol–water partition coefficient (Wildman–Crippen LogP) is 1.23. The van der Waals surface area contributed by atoms with E-state index in [0.29, 0.717) is 18.1 Å². The first kappa shape index (κ1) is 12.4. The lowest BCUT2D eigenvalue weighted by atomic mass is 10.3. The number of H-pyrrole nitrogens is 1. The zero-order valence-corrected chi connectivity index (χ0v) is 10.5. The van der Waals surface area contributed by atoms with Crippen molar-refractivity contribution in [1.29, 1.82) is 0 Å². The van der Waals surface area contributed by atoms with Crippen molar-refractivity contribution in [2.75, 3.05) is 19.0 Å². The van der Waals surface area contributed by atoms with Crippen LogP contribution in [0.5, 0.6) is 0 Å². The van der Waals surface area contributed by atoms with Gasteiger partial charge in [-0.25, -0.2) is 9.97 Å². The quantitative estimate of drug-likeness (QED) is 0.799. The summed E-state index contributed by atoms with van der Waals surface area (Å²) >= 11 is 0. The molecule has 0 aromatic carbocycles. The number of anilines is 1. The number of nitrogens with zero attached hydrogens (tertiary/aromatic N) is 4. The fourth-order valence-electron chi connectivity index (χ4n) is 1.49. The summed E-state index contributed by atoms with van der Waals surface area (Å²) < 4.78 is 5.10. The molecule has 0 atom stereocenters. The van der Waals surface area contributed by atoms with Crippen molar-refractivity contribution in [2.24, 2.45) is 0 Å². The summed E-state index contributed by atoms with van der Waals surface area (Å²) in [6.45, 7) is 3.40. The third-order valence-electron chi connectivity index (χ3n) is 2.27. The first-order valence-electron chi connectivity index (χ1n) is 5.80. The molecule has 0 unspecified atom stereocenters. The second kappa shape index (κ2) is 6.06. The SMILES string of the molecule is CCCNc1cc(COC)nc(-c2cn[nH]n2)n1. The standard InChI is InChI=1S/C11H16N6O/c1-3-4-12-10-5-8(7-18-2)14-11(15-10)9-6-13-17-16-9/h5-6H,3-4,7H2,1-2H3,(H,12,14,15)(H,13,16,17). The van der Waals surface area contributed by atoms with E-state index in [1.165, 1.54) is 0 Å². The minimum absolute atomic E-state index is 0.439. The summed E-state index contributed by atoms with van der Waals surface area (Å²) in [4.78, 5) is 8.77. The lowest BCUT2D eigenvalue weighted by molar-refractivity contribution is 0.181. The summed E-state index contributed by atoms with van der Waals surface area (Å²) in [6, 6.07) is 1.88. The highest BCUT2D eigenvalue weighted by Crippen LogP contribution is 2.15. The fraction of sp³-hybridized carbons (Fsp3) is 0.455. The first-order chi connectivity index (χ1) is 8.83. The molecule has 0 aliphatic carbocycles. The third-order valence-corrected chi connectivity index (χ3v) is 2.27. The topological polar surface area (TPSA) is 88.6 Å². The average Bonchev–Trinajstić information content (AvgIpc) is 2.90. The van der Waals surface area contributed by atoms with E-state index in [9.17, 15) is 0 Å². The minimum atomic E-state index is 0.439. The van der Waals surface area contributed by atoms with Gasteiger partial charge in [0.1, 0.15) is 11.5 Å². The van der Waals surface area contributed by atoms with Gasteiger partial charge in [-0.3, -0.25) is 0 Å². The van der Waals surface area contributed by atoms with E-state index in [0.717, 1.165) is 24.5 Å². The Hall–Kier alpha value is -2.02. The van der Waals surface area contributed by atoms with E-state index >= 15 is 0 Å². The van der Waals surface area contributed by atoms with Crippen LogP contribution in [0.15, 0.2) is 12.3 Å². The monoisotopic (exact) mass is 248 g/mol. The molecule has 2 N–H and O–H groups in total. The third kappa shape index (κ3) is 3.01. The normalized spacial score (nSPS) is 10.6. The number of methoxy groups -OCH3 is 1. The van der Waals surface area contributed by atoms with E-state index in [2.05, 4.69) is 37.6 Å². The molecule has 2 aromatic rings. The highest BCUT2D eigenvalue weighted by Gasteiger charge is 2.08. The number of aromatic nitrogens is 5. The van der Waals surface area contributed by atoms with Gasteiger partial charge in [-0.2, -0.15) is 15.4 Å². The zero-order chi connectivity index (χ0) is 12.8. The van der Waals surface area contributed by atoms with Crippen molar-refractivity contribution in [3.63, 3.8) is 0 Å². The van der Waals surface area contributed by atoms with E-state index in [1.54, 1.807) is 13.3 Å². The maximum absolute atomic E-state index is 5.10. The molecule has 0 bridgehead atoms. The molecule has 0 aliphatic heterocycles. The van der Waals surface area contributed by atoms with E-state index in [4.69, 9.17) is 4.74 Å². The highest BCUT2D eigenvalue weighted by molar-refractivity contribution is 5.51. The number of aromatic amines is 1. The van der Waals surface area contributed by atoms with Gasteiger partial charge in [0, 0.05) is 19.7 Å². The Morgan fingerprint density at radius 3 is 2.94 bits per heavy atom. The van der Waals surface area contributed by atoms with Crippen molar-refractivity contribution >= 4 is 5.82 Å². The predicted molar refractivity (Wildman–Crippen MR) is 66.9 cm³/mol. The molecule has 0 saturated heterocycles. The molecule has 0 fully saturated rings. The van der Waals surface area contributed by atoms with Gasteiger partial charge < -0.3 is 10.1 Å². The van der Waals surface area contributed by atoms with Gasteiger partial charge in [-0.05, 0) is 6.42 Å². The number of hydrogen-bond donors (Lipinski definition) is 2. The second-order valence-corrected chi connectivity index (χ2v) is 3.78. The van der Waals surface area contributed by atoms with Crippen LogP contribution < -0.4 is 5.32 Å². The Balaban J connectivity index is 2.30. The van der Waals surface area contributed by atoms with Gasteiger partial charge in [0.25, 0.3) is 0 Å². The van der Waals surface area contributed by atoms with Gasteiger partial charge in [0.15, 0.2) is 5.82 Å². The highest BCUT2D eigenvalue weighted by atomic mass is 16.5. The Kier molecular flexibility index (Phi) is 4.19. The first-order valence-corrected chi connectivity index (χ1v) is 5.80. The molecule has 18 heavy (non-hydrogen) atoms. The molecule has 0 spiro atoms. The van der Waals surface area contributed by atoms with Crippen LogP contribution in [0.3, 0.4) is 0 Å². The maximum Gasteiger partial charge on any atom is 0.184 e. The molecule has 2 rings (SSSR count). The molecule has 0 amide bonds. The Labute approximate surface area is 105 Å². The molecule has 7 heteroatoms. The molecule has 0 saturated carbocycles. The molecule has 0 radical (unpaired) electrons. The number of ether oxygens (including phenoxy) is 1. The van der Waals surface area contributed by atoms with Crippen molar-refractivity contribution in [3.8, 4) is 11.5 Å². The van der Waals surface area contributed by atoms with Crippen LogP contribution in [0.1, 0.15) is 19.0 Å². The lowest BCUT2D eigenvalue weighted by Gasteiger charge is -2.07. The summed E-state index contributed by atoms with van der Waals surface area (Å²) in [5, 5.41) is 13.5. The molecule has 7 nitrogen and oxygen atoms in total. The zero-order valence-electron chi connectivity index (χ0n) is 10.5. The molecule has 2 heterocycles. The van der Waals surface area contributed by atoms with Gasteiger partial charge in [0.05, 0.1) is 18.5 Å². The fourth-order valence-corrected chi connectivity index (χ4v) is 1.49. The van der Waals surface area contributed by atoms with Crippen molar-refractivity contribution in [1.82, 2.24) is 25.4 Å². The van der Waals surface area contributed by atoms with Gasteiger partial charge in [-0.1, -0.05) is 6.92 Å². The Morgan fingerprint density at radius 2 is 2.28 bits per heavy atom. The van der Waals surface area contributed by atoms with E-state index in [1.807, 2.05) is 6.07 Å². The van der Waals surface area contributed by atoms with Crippen molar-refractivity contribution in [2.45, 2.75) is 20.0 Å². The average molecular weight is 248 g/mol. The van der Waals surface area contributed by atoms with Crippen molar-refractivity contribution < 1.29 is 4.74 Å².